The molecule has 0 bridgehead atoms. The van der Waals surface area contributed by atoms with E-state index in [0.717, 1.165) is 40.8 Å². The second-order valence-corrected chi connectivity index (χ2v) is 11.5. The third-order valence-electron chi connectivity index (χ3n) is 7.89. The van der Waals surface area contributed by atoms with E-state index in [1.54, 1.807) is 23.4 Å². The van der Waals surface area contributed by atoms with Crippen molar-refractivity contribution in [3.8, 4) is 28.3 Å². The highest BCUT2D eigenvalue weighted by Gasteiger charge is 2.34. The Morgan fingerprint density at radius 3 is 2.67 bits per heavy atom. The number of carbonyl (C=O) groups is 1. The van der Waals surface area contributed by atoms with Crippen LogP contribution in [-0.4, -0.2) is 50.8 Å². The molecule has 1 atom stereocenters. The molecule has 0 unspecified atom stereocenters. The Kier molecular flexibility index (Phi) is 6.30. The second kappa shape index (κ2) is 10.0. The van der Waals surface area contributed by atoms with Gasteiger partial charge in [0.05, 0.1) is 19.7 Å². The Morgan fingerprint density at radius 1 is 1.10 bits per heavy atom. The highest BCUT2D eigenvalue weighted by molar-refractivity contribution is 6.10. The molecular weight excluding hydrogens is 532 g/mol. The maximum atomic E-state index is 13.8. The molecule has 7 rings (SSSR count). The van der Waals surface area contributed by atoms with Gasteiger partial charge < -0.3 is 18.8 Å². The van der Waals surface area contributed by atoms with Crippen LogP contribution in [-0.2, 0) is 23.1 Å². The lowest BCUT2D eigenvalue weighted by molar-refractivity contribution is -0.141. The second-order valence-electron chi connectivity index (χ2n) is 11.5. The molecular formula is C32H30N6O4. The number of aryl methyl sites for hydroxylation is 1. The lowest BCUT2D eigenvalue weighted by atomic mass is 9.97. The van der Waals surface area contributed by atoms with Crippen molar-refractivity contribution >= 4 is 17.4 Å². The van der Waals surface area contributed by atoms with Crippen molar-refractivity contribution in [3.05, 3.63) is 83.1 Å². The van der Waals surface area contributed by atoms with Crippen LogP contribution in [0, 0.1) is 6.57 Å². The number of hydrogen-bond donors (Lipinski definition) is 0. The molecule has 10 heteroatoms. The molecule has 3 aliphatic rings. The number of fused-ring (bicyclic) bond motifs is 1. The smallest absolute Gasteiger partial charge is 0.260 e. The van der Waals surface area contributed by atoms with Crippen molar-refractivity contribution in [2.24, 2.45) is 7.05 Å². The van der Waals surface area contributed by atoms with Crippen LogP contribution >= 0.6 is 0 Å². The predicted octanol–water partition coefficient (Wildman–Crippen LogP) is 5.66. The predicted molar refractivity (Wildman–Crippen MR) is 155 cm³/mol. The van der Waals surface area contributed by atoms with Gasteiger partial charge in [-0.2, -0.15) is 0 Å². The summed E-state index contributed by atoms with van der Waals surface area (Å²) < 4.78 is 19.3. The standard InChI is InChI=1S/C32H30N6O4/c1-32(2)41-17-24(42-32)16-40-23-9-7-20-15-38(31(39)26(20)14-23)29-12-21(11-28(35-29)19-5-6-19)25-10-8-22(33-3)13-27(25)30-36-34-18-37(30)4/h7-14,18-19,24H,5-6,15-17H2,1-2,4H3/t24-/m1/s1. The summed E-state index contributed by atoms with van der Waals surface area (Å²) in [6.45, 7) is 12.5. The normalized spacial score (nSPS) is 19.1. The lowest BCUT2D eigenvalue weighted by Crippen LogP contribution is -2.25. The van der Waals surface area contributed by atoms with E-state index < -0.39 is 5.79 Å². The van der Waals surface area contributed by atoms with Crippen LogP contribution in [0.5, 0.6) is 5.75 Å². The summed E-state index contributed by atoms with van der Waals surface area (Å²) in [4.78, 5) is 24.1. The molecule has 2 fully saturated rings. The van der Waals surface area contributed by atoms with Crippen molar-refractivity contribution < 1.29 is 19.0 Å². The van der Waals surface area contributed by atoms with Crippen molar-refractivity contribution in [2.45, 2.75) is 51.0 Å². The van der Waals surface area contributed by atoms with Crippen LogP contribution in [0.2, 0.25) is 0 Å². The lowest BCUT2D eigenvalue weighted by Gasteiger charge is -2.18. The van der Waals surface area contributed by atoms with Gasteiger partial charge in [0.2, 0.25) is 0 Å². The number of nitrogens with zero attached hydrogens (tertiary/aromatic N) is 6. The molecule has 42 heavy (non-hydrogen) atoms. The third-order valence-corrected chi connectivity index (χ3v) is 7.89. The number of pyridine rings is 1. The SMILES string of the molecule is [C-]#[N+]c1ccc(-c2cc(C3CC3)nc(N3Cc4ccc(OC[C@@H]5COC(C)(C)O5)cc4C3=O)c2)c(-c2nncn2C)c1. The molecule has 0 N–H and O–H groups in total. The topological polar surface area (TPSA) is 96.0 Å². The number of rotatable bonds is 7. The van der Waals surface area contributed by atoms with E-state index in [4.69, 9.17) is 25.8 Å². The van der Waals surface area contributed by atoms with Crippen molar-refractivity contribution in [2.75, 3.05) is 18.1 Å². The van der Waals surface area contributed by atoms with Gasteiger partial charge in [-0.15, -0.1) is 10.2 Å². The number of carbonyl (C=O) groups excluding carboxylic acids is 1. The summed E-state index contributed by atoms with van der Waals surface area (Å²) in [5, 5.41) is 8.37. The van der Waals surface area contributed by atoms with Crippen LogP contribution in [0.1, 0.15) is 54.2 Å². The van der Waals surface area contributed by atoms with Gasteiger partial charge in [0.15, 0.2) is 17.3 Å². The van der Waals surface area contributed by atoms with Gasteiger partial charge in [0, 0.05) is 29.8 Å². The van der Waals surface area contributed by atoms with Crippen LogP contribution in [0.4, 0.5) is 11.5 Å². The molecule has 0 radical (unpaired) electrons. The first kappa shape index (κ1) is 26.3. The Hall–Kier alpha value is -4.59. The molecule has 2 aromatic carbocycles. The molecule has 212 valence electrons. The van der Waals surface area contributed by atoms with Crippen LogP contribution in [0.3, 0.4) is 0 Å². The van der Waals surface area contributed by atoms with Crippen molar-refractivity contribution in [1.82, 2.24) is 19.7 Å². The minimum atomic E-state index is -0.614. The number of benzene rings is 2. The maximum Gasteiger partial charge on any atom is 0.260 e. The third kappa shape index (κ3) is 4.91. The average Bonchev–Trinajstić information content (AvgIpc) is 3.55. The Balaban J connectivity index is 1.20. The molecule has 2 aliphatic heterocycles. The van der Waals surface area contributed by atoms with Crippen molar-refractivity contribution in [1.29, 1.82) is 0 Å². The molecule has 2 aromatic heterocycles. The van der Waals surface area contributed by atoms with Gasteiger partial charge in [0.1, 0.15) is 30.6 Å². The monoisotopic (exact) mass is 562 g/mol. The zero-order valence-corrected chi connectivity index (χ0v) is 23.7. The summed E-state index contributed by atoms with van der Waals surface area (Å²) in [5.74, 6) is 1.53. The Bertz CT molecular complexity index is 1750. The molecule has 4 aromatic rings. The van der Waals surface area contributed by atoms with E-state index in [9.17, 15) is 4.79 Å². The fourth-order valence-corrected chi connectivity index (χ4v) is 5.57. The number of amides is 1. The molecule has 1 amide bonds. The number of hydrogen-bond acceptors (Lipinski definition) is 7. The summed E-state index contributed by atoms with van der Waals surface area (Å²) in [5.41, 5.74) is 5.66. The molecule has 1 saturated carbocycles. The van der Waals surface area contributed by atoms with E-state index in [2.05, 4.69) is 21.1 Å². The van der Waals surface area contributed by atoms with Gasteiger partial charge in [-0.1, -0.05) is 18.2 Å². The van der Waals surface area contributed by atoms with Gasteiger partial charge in [0.25, 0.3) is 5.91 Å². The van der Waals surface area contributed by atoms with E-state index >= 15 is 0 Å². The number of anilines is 1. The molecule has 1 saturated heterocycles. The molecule has 10 nitrogen and oxygen atoms in total. The molecule has 0 spiro atoms. The zero-order chi connectivity index (χ0) is 29.0. The van der Waals surface area contributed by atoms with E-state index in [1.807, 2.05) is 55.8 Å². The maximum absolute atomic E-state index is 13.8. The average molecular weight is 563 g/mol. The van der Waals surface area contributed by atoms with Gasteiger partial charge in [-0.3, -0.25) is 9.69 Å². The largest absolute Gasteiger partial charge is 0.491 e. The fourth-order valence-electron chi connectivity index (χ4n) is 5.57. The van der Waals surface area contributed by atoms with Gasteiger partial charge >= 0.3 is 0 Å². The van der Waals surface area contributed by atoms with E-state index in [0.29, 0.717) is 54.3 Å². The van der Waals surface area contributed by atoms with Crippen LogP contribution < -0.4 is 9.64 Å². The summed E-state index contributed by atoms with van der Waals surface area (Å²) in [6, 6.07) is 15.3. The molecule has 4 heterocycles. The van der Waals surface area contributed by atoms with E-state index in [-0.39, 0.29) is 12.0 Å². The first-order chi connectivity index (χ1) is 20.3. The van der Waals surface area contributed by atoms with Crippen molar-refractivity contribution in [3.63, 3.8) is 0 Å². The molecule has 1 aliphatic carbocycles. The fraction of sp³-hybridized carbons (Fsp3) is 0.344. The quantitative estimate of drug-likeness (QED) is 0.268. The summed E-state index contributed by atoms with van der Waals surface area (Å²) in [6.07, 6.45) is 3.63. The van der Waals surface area contributed by atoms with E-state index in [1.165, 1.54) is 0 Å². The first-order valence-electron chi connectivity index (χ1n) is 14.1. The highest BCUT2D eigenvalue weighted by atomic mass is 16.7. The number of ether oxygens (including phenoxy) is 3. The minimum absolute atomic E-state index is 0.111. The van der Waals surface area contributed by atoms with Crippen LogP contribution in [0.15, 0.2) is 54.9 Å². The first-order valence-corrected chi connectivity index (χ1v) is 14.1. The Morgan fingerprint density at radius 2 is 1.95 bits per heavy atom. The highest BCUT2D eigenvalue weighted by Crippen LogP contribution is 2.43. The Labute approximate surface area is 243 Å². The zero-order valence-electron chi connectivity index (χ0n) is 23.7. The minimum Gasteiger partial charge on any atom is -0.491 e. The summed E-state index contributed by atoms with van der Waals surface area (Å²) in [7, 11) is 1.88. The summed E-state index contributed by atoms with van der Waals surface area (Å²) >= 11 is 0. The number of aromatic nitrogens is 4. The van der Waals surface area contributed by atoms with Gasteiger partial charge in [-0.05, 0) is 73.7 Å². The van der Waals surface area contributed by atoms with Gasteiger partial charge in [-0.25, -0.2) is 9.83 Å². The van der Waals surface area contributed by atoms with Crippen LogP contribution in [0.25, 0.3) is 27.4 Å².